The van der Waals surface area contributed by atoms with Crippen LogP contribution in [0.2, 0.25) is 0 Å². The van der Waals surface area contributed by atoms with Gasteiger partial charge in [-0.3, -0.25) is 4.79 Å². The van der Waals surface area contributed by atoms with Crippen molar-refractivity contribution in [1.29, 1.82) is 0 Å². The van der Waals surface area contributed by atoms with Crippen molar-refractivity contribution in [3.05, 3.63) is 72.2 Å². The first kappa shape index (κ1) is 17.0. The third kappa shape index (κ3) is 3.46. The molecule has 6 heteroatoms. The van der Waals surface area contributed by atoms with Gasteiger partial charge in [0.05, 0.1) is 24.7 Å². The fraction of sp³-hybridized carbons (Fsp3) is 0.190. The second-order valence-electron chi connectivity index (χ2n) is 6.18. The molecular formula is C21H20N4O2. The molecule has 0 saturated carbocycles. The number of aromatic nitrogens is 2. The van der Waals surface area contributed by atoms with Crippen molar-refractivity contribution in [1.82, 2.24) is 9.97 Å². The number of carbonyl (C=O) groups excluding carboxylic acids is 1. The van der Waals surface area contributed by atoms with Gasteiger partial charge in [0.1, 0.15) is 17.3 Å². The maximum absolute atomic E-state index is 12.8. The van der Waals surface area contributed by atoms with E-state index in [1.165, 1.54) is 11.8 Å². The van der Waals surface area contributed by atoms with E-state index in [0.29, 0.717) is 24.7 Å². The highest BCUT2D eigenvalue weighted by Crippen LogP contribution is 2.29. The molecule has 0 bridgehead atoms. The number of benzene rings is 2. The Bertz CT molecular complexity index is 956. The number of amides is 1. The molecule has 0 atom stereocenters. The van der Waals surface area contributed by atoms with E-state index < -0.39 is 0 Å². The Morgan fingerprint density at radius 2 is 1.93 bits per heavy atom. The molecule has 27 heavy (non-hydrogen) atoms. The maximum atomic E-state index is 12.8. The molecule has 1 amide bonds. The minimum Gasteiger partial charge on any atom is -0.492 e. The Morgan fingerprint density at radius 1 is 1.11 bits per heavy atom. The number of ether oxygens (including phenoxy) is 1. The molecule has 6 nitrogen and oxygen atoms in total. The third-order valence-electron chi connectivity index (χ3n) is 4.45. The number of anilines is 3. The Kier molecular flexibility index (Phi) is 4.70. The van der Waals surface area contributed by atoms with Crippen molar-refractivity contribution in [3.63, 3.8) is 0 Å². The van der Waals surface area contributed by atoms with Crippen LogP contribution in [0.4, 0.5) is 17.2 Å². The van der Waals surface area contributed by atoms with Crippen LogP contribution in [0.1, 0.15) is 23.0 Å². The summed E-state index contributed by atoms with van der Waals surface area (Å²) in [6.07, 6.45) is 3.94. The quantitative estimate of drug-likeness (QED) is 0.749. The number of hydrogen-bond acceptors (Lipinski definition) is 5. The number of nitrogens with zero attached hydrogens (tertiary/aromatic N) is 3. The first-order valence-corrected chi connectivity index (χ1v) is 8.97. The van der Waals surface area contributed by atoms with Crippen LogP contribution in [0.3, 0.4) is 0 Å². The molecule has 1 N–H and O–H groups in total. The Hall–Kier alpha value is -3.41. The highest BCUT2D eigenvalue weighted by molar-refractivity contribution is 6.05. The van der Waals surface area contributed by atoms with E-state index in [-0.39, 0.29) is 5.91 Å². The summed E-state index contributed by atoms with van der Waals surface area (Å²) < 4.78 is 5.60. The topological polar surface area (TPSA) is 67.3 Å². The lowest BCUT2D eigenvalue weighted by molar-refractivity contribution is 0.0984. The fourth-order valence-electron chi connectivity index (χ4n) is 3.18. The Morgan fingerprint density at radius 3 is 2.74 bits per heavy atom. The molecule has 1 aliphatic heterocycles. The number of fused-ring (bicyclic) bond motifs is 1. The monoisotopic (exact) mass is 360 g/mol. The SMILES string of the molecule is CCOc1ccccc1Nc1cnc(C(=O)N2CCc3ccccc32)cn1. The summed E-state index contributed by atoms with van der Waals surface area (Å²) in [5.41, 5.74) is 3.28. The van der Waals surface area contributed by atoms with Gasteiger partial charge < -0.3 is 15.0 Å². The standard InChI is InChI=1S/C21H20N4O2/c1-2-27-19-10-6-4-8-16(19)24-20-14-22-17(13-23-20)21(26)25-12-11-15-7-3-5-9-18(15)25/h3-10,13-14H,2,11-12H2,1H3,(H,23,24). The van der Waals surface area contributed by atoms with E-state index in [4.69, 9.17) is 4.74 Å². The van der Waals surface area contributed by atoms with Crippen LogP contribution >= 0.6 is 0 Å². The van der Waals surface area contributed by atoms with Gasteiger partial charge in [-0.1, -0.05) is 30.3 Å². The van der Waals surface area contributed by atoms with Gasteiger partial charge in [0, 0.05) is 12.2 Å². The summed E-state index contributed by atoms with van der Waals surface area (Å²) in [6.45, 7) is 3.18. The molecule has 136 valence electrons. The molecular weight excluding hydrogens is 340 g/mol. The molecule has 0 unspecified atom stereocenters. The summed E-state index contributed by atoms with van der Waals surface area (Å²) >= 11 is 0. The van der Waals surface area contributed by atoms with E-state index in [9.17, 15) is 4.79 Å². The average molecular weight is 360 g/mol. The van der Waals surface area contributed by atoms with Crippen LogP contribution < -0.4 is 15.0 Å². The van der Waals surface area contributed by atoms with E-state index in [1.54, 1.807) is 11.1 Å². The number of nitrogens with one attached hydrogen (secondary N) is 1. The Balaban J connectivity index is 1.51. The van der Waals surface area contributed by atoms with E-state index in [2.05, 4.69) is 21.4 Å². The lowest BCUT2D eigenvalue weighted by atomic mass is 10.2. The normalized spacial score (nSPS) is 12.6. The molecule has 0 saturated heterocycles. The van der Waals surface area contributed by atoms with Crippen molar-refractivity contribution in [3.8, 4) is 5.75 Å². The summed E-state index contributed by atoms with van der Waals surface area (Å²) in [5, 5.41) is 3.19. The summed E-state index contributed by atoms with van der Waals surface area (Å²) in [6, 6.07) is 15.6. The zero-order valence-electron chi connectivity index (χ0n) is 15.1. The van der Waals surface area contributed by atoms with Gasteiger partial charge >= 0.3 is 0 Å². The van der Waals surface area contributed by atoms with Gasteiger partial charge in [-0.2, -0.15) is 0 Å². The van der Waals surface area contributed by atoms with Crippen molar-refractivity contribution >= 4 is 23.1 Å². The van der Waals surface area contributed by atoms with Gasteiger partial charge in [0.15, 0.2) is 0 Å². The first-order chi connectivity index (χ1) is 13.3. The molecule has 2 aromatic carbocycles. The van der Waals surface area contributed by atoms with Gasteiger partial charge in [0.2, 0.25) is 0 Å². The van der Waals surface area contributed by atoms with Gasteiger partial charge in [-0.15, -0.1) is 0 Å². The predicted molar refractivity (Wildman–Crippen MR) is 105 cm³/mol. The number of carbonyl (C=O) groups is 1. The highest BCUT2D eigenvalue weighted by atomic mass is 16.5. The average Bonchev–Trinajstić information content (AvgIpc) is 3.14. The maximum Gasteiger partial charge on any atom is 0.278 e. The lowest BCUT2D eigenvalue weighted by Gasteiger charge is -2.16. The smallest absolute Gasteiger partial charge is 0.278 e. The number of hydrogen-bond donors (Lipinski definition) is 1. The lowest BCUT2D eigenvalue weighted by Crippen LogP contribution is -2.29. The first-order valence-electron chi connectivity index (χ1n) is 8.97. The van der Waals surface area contributed by atoms with Crippen molar-refractivity contribution in [2.75, 3.05) is 23.4 Å². The van der Waals surface area contributed by atoms with E-state index in [0.717, 1.165) is 23.5 Å². The zero-order valence-corrected chi connectivity index (χ0v) is 15.1. The molecule has 4 rings (SSSR count). The molecule has 0 aliphatic carbocycles. The van der Waals surface area contributed by atoms with Crippen molar-refractivity contribution in [2.24, 2.45) is 0 Å². The second kappa shape index (κ2) is 7.45. The van der Waals surface area contributed by atoms with Gasteiger partial charge in [-0.05, 0) is 37.1 Å². The highest BCUT2D eigenvalue weighted by Gasteiger charge is 2.26. The number of rotatable bonds is 5. The van der Waals surface area contributed by atoms with E-state index in [1.807, 2.05) is 49.4 Å². The van der Waals surface area contributed by atoms with Crippen LogP contribution in [0.25, 0.3) is 0 Å². The molecule has 0 fully saturated rings. The van der Waals surface area contributed by atoms with Crippen LogP contribution in [0, 0.1) is 0 Å². The zero-order chi connectivity index (χ0) is 18.6. The summed E-state index contributed by atoms with van der Waals surface area (Å²) in [5.74, 6) is 1.17. The predicted octanol–water partition coefficient (Wildman–Crippen LogP) is 3.82. The largest absolute Gasteiger partial charge is 0.492 e. The fourth-order valence-corrected chi connectivity index (χ4v) is 3.18. The molecule has 0 radical (unpaired) electrons. The van der Waals surface area contributed by atoms with Crippen LogP contribution in [0.15, 0.2) is 60.9 Å². The van der Waals surface area contributed by atoms with Gasteiger partial charge in [-0.25, -0.2) is 9.97 Å². The molecule has 0 spiro atoms. The molecule has 3 aromatic rings. The van der Waals surface area contributed by atoms with Crippen LogP contribution in [0.5, 0.6) is 5.75 Å². The van der Waals surface area contributed by atoms with E-state index >= 15 is 0 Å². The van der Waals surface area contributed by atoms with Crippen molar-refractivity contribution in [2.45, 2.75) is 13.3 Å². The summed E-state index contributed by atoms with van der Waals surface area (Å²) in [7, 11) is 0. The third-order valence-corrected chi connectivity index (χ3v) is 4.45. The van der Waals surface area contributed by atoms with Gasteiger partial charge in [0.25, 0.3) is 5.91 Å². The summed E-state index contributed by atoms with van der Waals surface area (Å²) in [4.78, 5) is 23.2. The van der Waals surface area contributed by atoms with Crippen molar-refractivity contribution < 1.29 is 9.53 Å². The minimum absolute atomic E-state index is 0.131. The second-order valence-corrected chi connectivity index (χ2v) is 6.18. The van der Waals surface area contributed by atoms with Crippen LogP contribution in [-0.4, -0.2) is 29.0 Å². The van der Waals surface area contributed by atoms with Crippen LogP contribution in [-0.2, 0) is 6.42 Å². The minimum atomic E-state index is -0.131. The Labute approximate surface area is 157 Å². The molecule has 2 heterocycles. The number of para-hydroxylation sites is 3. The molecule has 1 aromatic heterocycles. The molecule has 1 aliphatic rings.